The fourth-order valence-corrected chi connectivity index (χ4v) is 3.84. The van der Waals surface area contributed by atoms with Gasteiger partial charge in [-0.1, -0.05) is 13.3 Å². The molecule has 2 aliphatic rings. The van der Waals surface area contributed by atoms with E-state index in [1.165, 1.54) is 0 Å². The van der Waals surface area contributed by atoms with Gasteiger partial charge in [-0.15, -0.1) is 0 Å². The first-order valence-electron chi connectivity index (χ1n) is 8.83. The van der Waals surface area contributed by atoms with Crippen molar-refractivity contribution < 1.29 is 19.4 Å². The van der Waals surface area contributed by atoms with Crippen LogP contribution in [0.25, 0.3) is 0 Å². The molecule has 132 valence electrons. The molecule has 0 atom stereocenters. The van der Waals surface area contributed by atoms with Gasteiger partial charge < -0.3 is 19.6 Å². The molecule has 0 unspecified atom stereocenters. The van der Waals surface area contributed by atoms with Gasteiger partial charge in [0, 0.05) is 13.1 Å². The predicted molar refractivity (Wildman–Crippen MR) is 87.4 cm³/mol. The van der Waals surface area contributed by atoms with Crippen LogP contribution in [0.4, 0.5) is 4.79 Å². The van der Waals surface area contributed by atoms with E-state index in [2.05, 4.69) is 18.9 Å². The highest BCUT2D eigenvalue weighted by molar-refractivity contribution is 5.76. The third-order valence-corrected chi connectivity index (χ3v) is 5.56. The molecule has 2 rings (SSSR count). The highest BCUT2D eigenvalue weighted by Crippen LogP contribution is 2.44. The molecule has 0 bridgehead atoms. The van der Waals surface area contributed by atoms with Gasteiger partial charge in [-0.05, 0) is 58.2 Å². The summed E-state index contributed by atoms with van der Waals surface area (Å²) in [6.07, 6.45) is 4.52. The molecule has 6 nitrogen and oxygen atoms in total. The molecule has 0 aliphatic carbocycles. The molecule has 2 aliphatic heterocycles. The van der Waals surface area contributed by atoms with Crippen molar-refractivity contribution in [1.29, 1.82) is 0 Å². The summed E-state index contributed by atoms with van der Waals surface area (Å²) >= 11 is 0. The number of carboxylic acid groups (broad SMARTS) is 1. The van der Waals surface area contributed by atoms with E-state index in [4.69, 9.17) is 4.74 Å². The van der Waals surface area contributed by atoms with E-state index in [0.29, 0.717) is 32.5 Å². The Morgan fingerprint density at radius 2 is 1.78 bits per heavy atom. The van der Waals surface area contributed by atoms with Gasteiger partial charge in [-0.2, -0.15) is 0 Å². The van der Waals surface area contributed by atoms with Gasteiger partial charge in [0.15, 0.2) is 0 Å². The highest BCUT2D eigenvalue weighted by Gasteiger charge is 2.48. The molecule has 0 radical (unpaired) electrons. The van der Waals surface area contributed by atoms with Gasteiger partial charge >= 0.3 is 12.1 Å². The van der Waals surface area contributed by atoms with Crippen LogP contribution >= 0.6 is 0 Å². The van der Waals surface area contributed by atoms with Crippen molar-refractivity contribution in [3.05, 3.63) is 0 Å². The smallest absolute Gasteiger partial charge is 0.409 e. The summed E-state index contributed by atoms with van der Waals surface area (Å²) in [6, 6.07) is 0. The van der Waals surface area contributed by atoms with Crippen LogP contribution in [0.3, 0.4) is 0 Å². The quantitative estimate of drug-likeness (QED) is 0.786. The SMILES string of the molecule is CCCCOC(=O)N1CCC(C(=O)O)(C2CCN(C)CC2)CC1. The standard InChI is InChI=1S/C17H30N2O4/c1-3-4-13-23-16(22)19-11-7-17(8-12-19,15(20)21)14-5-9-18(2)10-6-14/h14H,3-13H2,1-2H3,(H,20,21). The third kappa shape index (κ3) is 4.16. The van der Waals surface area contributed by atoms with Crippen molar-refractivity contribution in [1.82, 2.24) is 9.80 Å². The van der Waals surface area contributed by atoms with Crippen LogP contribution < -0.4 is 0 Å². The van der Waals surface area contributed by atoms with Gasteiger partial charge in [0.2, 0.25) is 0 Å². The molecule has 2 heterocycles. The average molecular weight is 326 g/mol. The van der Waals surface area contributed by atoms with Crippen LogP contribution in [0.15, 0.2) is 0 Å². The summed E-state index contributed by atoms with van der Waals surface area (Å²) in [5.74, 6) is -0.472. The molecule has 0 aromatic carbocycles. The average Bonchev–Trinajstić information content (AvgIpc) is 2.55. The summed E-state index contributed by atoms with van der Waals surface area (Å²) < 4.78 is 5.24. The zero-order chi connectivity index (χ0) is 16.9. The predicted octanol–water partition coefficient (Wildman–Crippen LogP) is 2.43. The fraction of sp³-hybridized carbons (Fsp3) is 0.882. The van der Waals surface area contributed by atoms with Crippen molar-refractivity contribution in [3.63, 3.8) is 0 Å². The Hall–Kier alpha value is -1.30. The van der Waals surface area contributed by atoms with Crippen molar-refractivity contribution >= 4 is 12.1 Å². The Balaban J connectivity index is 1.92. The van der Waals surface area contributed by atoms with Crippen LogP contribution in [0.2, 0.25) is 0 Å². The van der Waals surface area contributed by atoms with E-state index in [0.717, 1.165) is 38.8 Å². The minimum absolute atomic E-state index is 0.217. The Bertz CT molecular complexity index is 411. The normalized spacial score (nSPS) is 22.8. The van der Waals surface area contributed by atoms with Crippen LogP contribution in [0.1, 0.15) is 45.4 Å². The van der Waals surface area contributed by atoms with Gasteiger partial charge in [0.25, 0.3) is 0 Å². The van der Waals surface area contributed by atoms with E-state index in [1.54, 1.807) is 4.90 Å². The lowest BCUT2D eigenvalue weighted by Gasteiger charge is -2.45. The fourth-order valence-electron chi connectivity index (χ4n) is 3.84. The van der Waals surface area contributed by atoms with E-state index in [1.807, 2.05) is 0 Å². The molecule has 1 amide bonds. The Labute approximate surface area is 138 Å². The molecule has 2 saturated heterocycles. The van der Waals surface area contributed by atoms with E-state index >= 15 is 0 Å². The Morgan fingerprint density at radius 3 is 2.30 bits per heavy atom. The van der Waals surface area contributed by atoms with Crippen LogP contribution in [0.5, 0.6) is 0 Å². The lowest BCUT2D eigenvalue weighted by molar-refractivity contribution is -0.158. The van der Waals surface area contributed by atoms with Gasteiger partial charge in [0.05, 0.1) is 12.0 Å². The summed E-state index contributed by atoms with van der Waals surface area (Å²) in [6.45, 7) is 5.40. The maximum Gasteiger partial charge on any atom is 0.409 e. The number of likely N-dealkylation sites (tertiary alicyclic amines) is 2. The first kappa shape index (κ1) is 18.0. The van der Waals surface area contributed by atoms with Gasteiger partial charge in [-0.25, -0.2) is 4.79 Å². The lowest BCUT2D eigenvalue weighted by Crippen LogP contribution is -2.52. The number of nitrogens with zero attached hydrogens (tertiary/aromatic N) is 2. The number of hydrogen-bond acceptors (Lipinski definition) is 4. The first-order chi connectivity index (χ1) is 11.0. The van der Waals surface area contributed by atoms with Crippen molar-refractivity contribution in [2.45, 2.75) is 45.4 Å². The maximum atomic E-state index is 12.0. The van der Waals surface area contributed by atoms with E-state index < -0.39 is 11.4 Å². The molecular formula is C17H30N2O4. The molecule has 0 saturated carbocycles. The number of amides is 1. The monoisotopic (exact) mass is 326 g/mol. The zero-order valence-electron chi connectivity index (χ0n) is 14.4. The number of carbonyl (C=O) groups is 2. The number of aliphatic carboxylic acids is 1. The Morgan fingerprint density at radius 1 is 1.17 bits per heavy atom. The van der Waals surface area contributed by atoms with Gasteiger partial charge in [0.1, 0.15) is 0 Å². The minimum Gasteiger partial charge on any atom is -0.481 e. The molecular weight excluding hydrogens is 296 g/mol. The van der Waals surface area contributed by atoms with Crippen LogP contribution in [0, 0.1) is 11.3 Å². The molecule has 6 heteroatoms. The second kappa shape index (κ2) is 7.99. The lowest BCUT2D eigenvalue weighted by atomic mass is 9.65. The maximum absolute atomic E-state index is 12.0. The largest absolute Gasteiger partial charge is 0.481 e. The summed E-state index contributed by atoms with van der Waals surface area (Å²) in [4.78, 5) is 27.9. The Kier molecular flexibility index (Phi) is 6.27. The molecule has 0 spiro atoms. The van der Waals surface area contributed by atoms with Gasteiger partial charge in [-0.3, -0.25) is 4.79 Å². The minimum atomic E-state index is -0.689. The summed E-state index contributed by atoms with van der Waals surface area (Å²) in [7, 11) is 2.08. The number of carboxylic acids is 1. The molecule has 1 N–H and O–H groups in total. The summed E-state index contributed by atoms with van der Waals surface area (Å²) in [5, 5.41) is 9.86. The van der Waals surface area contributed by atoms with Crippen LogP contribution in [-0.4, -0.2) is 66.8 Å². The topological polar surface area (TPSA) is 70.1 Å². The highest BCUT2D eigenvalue weighted by atomic mass is 16.6. The molecule has 23 heavy (non-hydrogen) atoms. The third-order valence-electron chi connectivity index (χ3n) is 5.56. The number of unbranched alkanes of at least 4 members (excludes halogenated alkanes) is 1. The number of carbonyl (C=O) groups excluding carboxylic acids is 1. The van der Waals surface area contributed by atoms with E-state index in [-0.39, 0.29) is 12.0 Å². The number of rotatable bonds is 5. The van der Waals surface area contributed by atoms with Crippen molar-refractivity contribution in [2.75, 3.05) is 39.8 Å². The number of piperidine rings is 2. The molecule has 0 aromatic heterocycles. The first-order valence-corrected chi connectivity index (χ1v) is 8.83. The second-order valence-electron chi connectivity index (χ2n) is 6.99. The zero-order valence-corrected chi connectivity index (χ0v) is 14.4. The number of ether oxygens (including phenoxy) is 1. The second-order valence-corrected chi connectivity index (χ2v) is 6.99. The van der Waals surface area contributed by atoms with Crippen molar-refractivity contribution in [2.24, 2.45) is 11.3 Å². The van der Waals surface area contributed by atoms with E-state index in [9.17, 15) is 14.7 Å². The van der Waals surface area contributed by atoms with Crippen LogP contribution in [-0.2, 0) is 9.53 Å². The molecule has 2 fully saturated rings. The molecule has 0 aromatic rings. The number of hydrogen-bond donors (Lipinski definition) is 1. The summed E-state index contributed by atoms with van der Waals surface area (Å²) in [5.41, 5.74) is -0.665. The van der Waals surface area contributed by atoms with Crippen molar-refractivity contribution in [3.8, 4) is 0 Å².